The largest absolute Gasteiger partial charge is 0.439 e. The third-order valence-electron chi connectivity index (χ3n) is 4.74. The summed E-state index contributed by atoms with van der Waals surface area (Å²) in [5.41, 5.74) is 3.69. The first-order valence-corrected chi connectivity index (χ1v) is 8.82. The van der Waals surface area contributed by atoms with Crippen LogP contribution in [0.4, 0.5) is 5.69 Å². The fourth-order valence-electron chi connectivity index (χ4n) is 3.23. The van der Waals surface area contributed by atoms with Gasteiger partial charge in [-0.3, -0.25) is 4.90 Å². The summed E-state index contributed by atoms with van der Waals surface area (Å²) in [5, 5.41) is 0. The Morgan fingerprint density at radius 3 is 2.36 bits per heavy atom. The van der Waals surface area contributed by atoms with Crippen molar-refractivity contribution in [1.82, 2.24) is 9.88 Å². The van der Waals surface area contributed by atoms with E-state index in [1.54, 1.807) is 0 Å². The van der Waals surface area contributed by atoms with Gasteiger partial charge in [-0.1, -0.05) is 48.0 Å². The van der Waals surface area contributed by atoms with Crippen molar-refractivity contribution in [3.63, 3.8) is 0 Å². The summed E-state index contributed by atoms with van der Waals surface area (Å²) in [6.45, 7) is 7.02. The Hall–Kier alpha value is -2.59. The minimum absolute atomic E-state index is 0.772. The van der Waals surface area contributed by atoms with Gasteiger partial charge in [0.1, 0.15) is 0 Å². The highest BCUT2D eigenvalue weighted by Gasteiger charge is 2.19. The summed E-state index contributed by atoms with van der Waals surface area (Å²) in [5.74, 6) is 1.64. The Morgan fingerprint density at radius 1 is 0.920 bits per heavy atom. The lowest BCUT2D eigenvalue weighted by molar-refractivity contribution is 0.227. The van der Waals surface area contributed by atoms with Gasteiger partial charge in [0.05, 0.1) is 12.7 Å². The lowest BCUT2D eigenvalue weighted by atomic mass is 10.2. The van der Waals surface area contributed by atoms with Crippen LogP contribution in [0.25, 0.3) is 11.3 Å². The van der Waals surface area contributed by atoms with Gasteiger partial charge in [0.25, 0.3) is 0 Å². The first kappa shape index (κ1) is 15.9. The molecule has 1 aliphatic heterocycles. The zero-order chi connectivity index (χ0) is 17.1. The van der Waals surface area contributed by atoms with Crippen molar-refractivity contribution in [2.24, 2.45) is 0 Å². The van der Waals surface area contributed by atoms with Gasteiger partial charge in [-0.15, -0.1) is 0 Å². The molecule has 2 aromatic carbocycles. The fraction of sp³-hybridized carbons (Fsp3) is 0.286. The van der Waals surface area contributed by atoms with E-state index in [9.17, 15) is 0 Å². The second-order valence-corrected chi connectivity index (χ2v) is 6.58. The fourth-order valence-corrected chi connectivity index (χ4v) is 3.23. The number of nitrogens with zero attached hydrogens (tertiary/aromatic N) is 3. The standard InChI is InChI=1S/C21H23N3O/c1-17-7-9-19(10-8-17)24-13-11-23(12-14-24)16-21-22-15-20(25-21)18-5-3-2-4-6-18/h2-10,15H,11-14,16H2,1H3. The Labute approximate surface area is 148 Å². The van der Waals surface area contributed by atoms with Crippen molar-refractivity contribution in [1.29, 1.82) is 0 Å². The zero-order valence-corrected chi connectivity index (χ0v) is 14.6. The Kier molecular flexibility index (Phi) is 4.53. The first-order chi connectivity index (χ1) is 12.3. The van der Waals surface area contributed by atoms with Crippen molar-refractivity contribution in [2.75, 3.05) is 31.1 Å². The third kappa shape index (κ3) is 3.74. The van der Waals surface area contributed by atoms with Gasteiger partial charge >= 0.3 is 0 Å². The number of hydrogen-bond acceptors (Lipinski definition) is 4. The van der Waals surface area contributed by atoms with Crippen LogP contribution in [0.2, 0.25) is 0 Å². The minimum atomic E-state index is 0.772. The highest BCUT2D eigenvalue weighted by atomic mass is 16.4. The van der Waals surface area contributed by atoms with Gasteiger partial charge in [0.15, 0.2) is 5.76 Å². The first-order valence-electron chi connectivity index (χ1n) is 8.82. The van der Waals surface area contributed by atoms with Gasteiger partial charge in [0.2, 0.25) is 5.89 Å². The number of benzene rings is 2. The lowest BCUT2D eigenvalue weighted by Gasteiger charge is -2.35. The van der Waals surface area contributed by atoms with Gasteiger partial charge in [-0.05, 0) is 19.1 Å². The van der Waals surface area contributed by atoms with Crippen LogP contribution in [-0.4, -0.2) is 36.1 Å². The Morgan fingerprint density at radius 2 is 1.64 bits per heavy atom. The molecule has 128 valence electrons. The lowest BCUT2D eigenvalue weighted by Crippen LogP contribution is -2.46. The maximum absolute atomic E-state index is 5.93. The van der Waals surface area contributed by atoms with Gasteiger partial charge in [-0.2, -0.15) is 0 Å². The molecule has 4 heteroatoms. The van der Waals surface area contributed by atoms with Crippen LogP contribution < -0.4 is 4.90 Å². The van der Waals surface area contributed by atoms with Crippen LogP contribution in [0.5, 0.6) is 0 Å². The number of hydrogen-bond donors (Lipinski definition) is 0. The van der Waals surface area contributed by atoms with E-state index in [0.29, 0.717) is 0 Å². The number of piperazine rings is 1. The molecule has 1 aromatic heterocycles. The van der Waals surface area contributed by atoms with Gasteiger partial charge in [-0.25, -0.2) is 4.98 Å². The Bertz CT molecular complexity index is 803. The van der Waals surface area contributed by atoms with Crippen molar-refractivity contribution in [3.8, 4) is 11.3 Å². The molecule has 0 bridgehead atoms. The third-order valence-corrected chi connectivity index (χ3v) is 4.74. The summed E-state index contributed by atoms with van der Waals surface area (Å²) in [6.07, 6.45) is 1.83. The second-order valence-electron chi connectivity index (χ2n) is 6.58. The highest BCUT2D eigenvalue weighted by Crippen LogP contribution is 2.21. The summed E-state index contributed by atoms with van der Waals surface area (Å²) >= 11 is 0. The van der Waals surface area contributed by atoms with Crippen LogP contribution in [0.1, 0.15) is 11.5 Å². The average molecular weight is 333 g/mol. The molecular weight excluding hydrogens is 310 g/mol. The molecule has 1 aliphatic rings. The molecule has 0 N–H and O–H groups in total. The predicted octanol–water partition coefficient (Wildman–Crippen LogP) is 3.97. The monoisotopic (exact) mass is 333 g/mol. The number of rotatable bonds is 4. The van der Waals surface area contributed by atoms with Crippen molar-refractivity contribution in [3.05, 3.63) is 72.2 Å². The van der Waals surface area contributed by atoms with Crippen molar-refractivity contribution in [2.45, 2.75) is 13.5 Å². The van der Waals surface area contributed by atoms with Gasteiger partial charge in [0, 0.05) is 37.4 Å². The molecule has 0 radical (unpaired) electrons. The van der Waals surface area contributed by atoms with E-state index < -0.39 is 0 Å². The molecule has 0 amide bonds. The summed E-state index contributed by atoms with van der Waals surface area (Å²) in [4.78, 5) is 9.30. The van der Waals surface area contributed by atoms with E-state index in [2.05, 4.69) is 46.0 Å². The molecule has 25 heavy (non-hydrogen) atoms. The zero-order valence-electron chi connectivity index (χ0n) is 14.6. The molecule has 0 atom stereocenters. The van der Waals surface area contributed by atoms with Crippen LogP contribution in [0.3, 0.4) is 0 Å². The minimum Gasteiger partial charge on any atom is -0.439 e. The molecule has 0 unspecified atom stereocenters. The maximum atomic E-state index is 5.93. The molecule has 0 saturated carbocycles. The molecule has 1 saturated heterocycles. The number of aromatic nitrogens is 1. The number of oxazole rings is 1. The summed E-state index contributed by atoms with van der Waals surface area (Å²) in [7, 11) is 0. The van der Waals surface area contributed by atoms with E-state index in [0.717, 1.165) is 49.9 Å². The van der Waals surface area contributed by atoms with Crippen molar-refractivity contribution < 1.29 is 4.42 Å². The molecule has 4 rings (SSSR count). The molecule has 0 spiro atoms. The number of aryl methyl sites for hydroxylation is 1. The maximum Gasteiger partial charge on any atom is 0.209 e. The molecule has 0 aliphatic carbocycles. The Balaban J connectivity index is 1.34. The van der Waals surface area contributed by atoms with E-state index >= 15 is 0 Å². The van der Waals surface area contributed by atoms with Crippen LogP contribution >= 0.6 is 0 Å². The average Bonchev–Trinajstić information content (AvgIpc) is 3.12. The van der Waals surface area contributed by atoms with Crippen LogP contribution in [0.15, 0.2) is 65.2 Å². The smallest absolute Gasteiger partial charge is 0.209 e. The molecule has 1 fully saturated rings. The van der Waals surface area contributed by atoms with Crippen molar-refractivity contribution >= 4 is 5.69 Å². The SMILES string of the molecule is Cc1ccc(N2CCN(Cc3ncc(-c4ccccc4)o3)CC2)cc1. The molecule has 4 nitrogen and oxygen atoms in total. The normalized spacial score (nSPS) is 15.5. The second kappa shape index (κ2) is 7.11. The van der Waals surface area contributed by atoms with Crippen LogP contribution in [0, 0.1) is 6.92 Å². The van der Waals surface area contributed by atoms with Crippen LogP contribution in [-0.2, 0) is 6.54 Å². The summed E-state index contributed by atoms with van der Waals surface area (Å²) in [6, 6.07) is 18.9. The number of anilines is 1. The quantitative estimate of drug-likeness (QED) is 0.723. The van der Waals surface area contributed by atoms with E-state index in [1.165, 1.54) is 11.3 Å². The molecular formula is C21H23N3O. The summed E-state index contributed by atoms with van der Waals surface area (Å²) < 4.78 is 5.93. The van der Waals surface area contributed by atoms with E-state index in [-0.39, 0.29) is 0 Å². The molecule has 3 aromatic rings. The topological polar surface area (TPSA) is 32.5 Å². The molecule has 2 heterocycles. The predicted molar refractivity (Wildman–Crippen MR) is 101 cm³/mol. The van der Waals surface area contributed by atoms with E-state index in [4.69, 9.17) is 4.42 Å². The highest BCUT2D eigenvalue weighted by molar-refractivity contribution is 5.55. The van der Waals surface area contributed by atoms with E-state index in [1.807, 2.05) is 36.5 Å². The van der Waals surface area contributed by atoms with Gasteiger partial charge < -0.3 is 9.32 Å².